The minimum absolute atomic E-state index is 0.0270. The van der Waals surface area contributed by atoms with Crippen LogP contribution in [0, 0.1) is 5.82 Å². The second-order valence-electron chi connectivity index (χ2n) is 6.19. The van der Waals surface area contributed by atoms with Crippen LogP contribution in [0.1, 0.15) is 23.7 Å². The number of nitrogens with zero attached hydrogens (tertiary/aromatic N) is 2. The molecule has 0 atom stereocenters. The Morgan fingerprint density at radius 3 is 2.59 bits per heavy atom. The van der Waals surface area contributed by atoms with Crippen molar-refractivity contribution >= 4 is 27.3 Å². The third-order valence-corrected chi connectivity index (χ3v) is 6.00. The van der Waals surface area contributed by atoms with Crippen LogP contribution in [0.4, 0.5) is 4.39 Å². The molecular formula is C19H17ClFN3O4S. The highest BCUT2D eigenvalue weighted by molar-refractivity contribution is 7.90. The van der Waals surface area contributed by atoms with E-state index < -0.39 is 21.4 Å². The van der Waals surface area contributed by atoms with Gasteiger partial charge in [0, 0.05) is 24.4 Å². The largest absolute Gasteiger partial charge is 0.352 e. The topological polar surface area (TPSA) is 102 Å². The van der Waals surface area contributed by atoms with Gasteiger partial charge in [-0.2, -0.15) is 4.98 Å². The van der Waals surface area contributed by atoms with Gasteiger partial charge in [-0.05, 0) is 35.9 Å². The Morgan fingerprint density at radius 1 is 1.14 bits per heavy atom. The molecule has 0 aliphatic carbocycles. The molecule has 1 amide bonds. The Hall–Kier alpha value is -2.78. The van der Waals surface area contributed by atoms with Gasteiger partial charge in [-0.15, -0.1) is 0 Å². The van der Waals surface area contributed by atoms with Crippen LogP contribution in [0.3, 0.4) is 0 Å². The third kappa shape index (κ3) is 5.85. The fourth-order valence-electron chi connectivity index (χ4n) is 2.49. The molecule has 3 aromatic rings. The van der Waals surface area contributed by atoms with E-state index in [1.807, 2.05) is 12.1 Å². The van der Waals surface area contributed by atoms with Gasteiger partial charge >= 0.3 is 0 Å². The fourth-order valence-corrected chi connectivity index (χ4v) is 3.87. The predicted molar refractivity (Wildman–Crippen MR) is 103 cm³/mol. The molecule has 0 saturated carbocycles. The number of carbonyl (C=O) groups is 1. The van der Waals surface area contributed by atoms with Gasteiger partial charge in [0.25, 0.3) is 0 Å². The minimum Gasteiger partial charge on any atom is -0.352 e. The first-order valence-electron chi connectivity index (χ1n) is 8.63. The zero-order valence-corrected chi connectivity index (χ0v) is 16.7. The molecule has 7 nitrogen and oxygen atoms in total. The van der Waals surface area contributed by atoms with Gasteiger partial charge in [0.15, 0.2) is 15.7 Å². The molecule has 0 fully saturated rings. The number of aryl methyl sites for hydroxylation is 1. The lowest BCUT2D eigenvalue weighted by atomic mass is 10.2. The number of benzene rings is 2. The van der Waals surface area contributed by atoms with E-state index in [-0.39, 0.29) is 35.4 Å². The maximum Gasteiger partial charge on any atom is 0.227 e. The summed E-state index contributed by atoms with van der Waals surface area (Å²) in [6.45, 7) is 0.295. The second-order valence-corrected chi connectivity index (χ2v) is 8.58. The first-order valence-corrected chi connectivity index (χ1v) is 10.7. The summed E-state index contributed by atoms with van der Waals surface area (Å²) >= 11 is 6.04. The van der Waals surface area contributed by atoms with Gasteiger partial charge in [0.05, 0.1) is 4.90 Å². The lowest BCUT2D eigenvalue weighted by molar-refractivity contribution is -0.121. The molecular weight excluding hydrogens is 421 g/mol. The zero-order valence-electron chi connectivity index (χ0n) is 15.1. The predicted octanol–water partition coefficient (Wildman–Crippen LogP) is 3.09. The Morgan fingerprint density at radius 2 is 1.86 bits per heavy atom. The molecule has 152 valence electrons. The summed E-state index contributed by atoms with van der Waals surface area (Å²) in [6.07, 6.45) is 0.259. The van der Waals surface area contributed by atoms with Crippen LogP contribution < -0.4 is 5.32 Å². The average Bonchev–Trinajstić information content (AvgIpc) is 3.12. The number of hydrogen-bond donors (Lipinski definition) is 1. The van der Waals surface area contributed by atoms with Gasteiger partial charge in [-0.25, -0.2) is 12.8 Å². The van der Waals surface area contributed by atoms with Crippen molar-refractivity contribution in [1.82, 2.24) is 15.5 Å². The Balaban J connectivity index is 1.51. The molecule has 1 N–H and O–H groups in total. The number of amides is 1. The Kier molecular flexibility index (Phi) is 6.60. The van der Waals surface area contributed by atoms with E-state index in [2.05, 4.69) is 15.5 Å². The third-order valence-electron chi connectivity index (χ3n) is 4.00. The standard InChI is InChI=1S/C19H17ClFN3O4S/c20-16-4-2-1-3-13(16)11-22-18(25)9-10-19-23-17(24-28-19)12-29(26,27)15-7-5-14(21)6-8-15/h1-8H,9-12H2,(H,22,25). The number of carbonyl (C=O) groups excluding carboxylic acids is 1. The van der Waals surface area contributed by atoms with Crippen molar-refractivity contribution in [2.24, 2.45) is 0 Å². The maximum atomic E-state index is 13.0. The summed E-state index contributed by atoms with van der Waals surface area (Å²) in [4.78, 5) is 16.0. The van der Waals surface area contributed by atoms with E-state index in [0.717, 1.165) is 17.7 Å². The summed E-state index contributed by atoms with van der Waals surface area (Å²) in [5.41, 5.74) is 0.800. The van der Waals surface area contributed by atoms with Crippen LogP contribution in [0.25, 0.3) is 0 Å². The number of hydrogen-bond acceptors (Lipinski definition) is 6. The van der Waals surface area contributed by atoms with Crippen molar-refractivity contribution < 1.29 is 22.1 Å². The van der Waals surface area contributed by atoms with Crippen LogP contribution in [0.5, 0.6) is 0 Å². The Bertz CT molecular complexity index is 1100. The van der Waals surface area contributed by atoms with E-state index in [0.29, 0.717) is 11.6 Å². The van der Waals surface area contributed by atoms with E-state index in [4.69, 9.17) is 16.1 Å². The molecule has 0 saturated heterocycles. The molecule has 1 aromatic heterocycles. The first-order chi connectivity index (χ1) is 13.8. The number of rotatable bonds is 8. The highest BCUT2D eigenvalue weighted by atomic mass is 35.5. The summed E-state index contributed by atoms with van der Waals surface area (Å²) in [5, 5.41) is 6.95. The molecule has 2 aromatic carbocycles. The zero-order chi connectivity index (χ0) is 20.9. The van der Waals surface area contributed by atoms with Crippen molar-refractivity contribution in [1.29, 1.82) is 0 Å². The molecule has 1 heterocycles. The monoisotopic (exact) mass is 437 g/mol. The second kappa shape index (κ2) is 9.15. The molecule has 0 spiro atoms. The molecule has 3 rings (SSSR count). The van der Waals surface area contributed by atoms with Crippen molar-refractivity contribution in [3.8, 4) is 0 Å². The average molecular weight is 438 g/mol. The number of halogens is 2. The minimum atomic E-state index is -3.73. The fraction of sp³-hybridized carbons (Fsp3) is 0.211. The molecule has 0 bridgehead atoms. The summed E-state index contributed by atoms with van der Waals surface area (Å²) in [5.74, 6) is -1.12. The number of sulfone groups is 1. The van der Waals surface area contributed by atoms with Crippen LogP contribution >= 0.6 is 11.6 Å². The van der Waals surface area contributed by atoms with Crippen LogP contribution in [-0.2, 0) is 33.4 Å². The molecule has 10 heteroatoms. The van der Waals surface area contributed by atoms with Crippen molar-refractivity contribution in [2.75, 3.05) is 0 Å². The Labute approximate surface area is 171 Å². The smallest absolute Gasteiger partial charge is 0.227 e. The highest BCUT2D eigenvalue weighted by Crippen LogP contribution is 2.16. The number of nitrogens with one attached hydrogen (secondary N) is 1. The van der Waals surface area contributed by atoms with Gasteiger partial charge in [0.1, 0.15) is 11.6 Å². The molecule has 0 unspecified atom stereocenters. The van der Waals surface area contributed by atoms with Gasteiger partial charge in [0.2, 0.25) is 11.8 Å². The normalized spacial score (nSPS) is 11.4. The lowest BCUT2D eigenvalue weighted by Gasteiger charge is -2.05. The highest BCUT2D eigenvalue weighted by Gasteiger charge is 2.19. The number of aromatic nitrogens is 2. The van der Waals surface area contributed by atoms with E-state index in [1.165, 1.54) is 12.1 Å². The van der Waals surface area contributed by atoms with Crippen LogP contribution in [-0.4, -0.2) is 24.5 Å². The molecule has 0 aliphatic rings. The molecule has 0 aliphatic heterocycles. The van der Waals surface area contributed by atoms with Crippen molar-refractivity contribution in [2.45, 2.75) is 30.0 Å². The lowest BCUT2D eigenvalue weighted by Crippen LogP contribution is -2.23. The summed E-state index contributed by atoms with van der Waals surface area (Å²) in [6, 6.07) is 11.7. The first kappa shape index (κ1) is 20.9. The van der Waals surface area contributed by atoms with Gasteiger partial charge in [-0.3, -0.25) is 4.79 Å². The quantitative estimate of drug-likeness (QED) is 0.543. The van der Waals surface area contributed by atoms with E-state index in [1.54, 1.807) is 12.1 Å². The SMILES string of the molecule is O=C(CCc1nc(CS(=O)(=O)c2ccc(F)cc2)no1)NCc1ccccc1Cl. The van der Waals surface area contributed by atoms with Crippen LogP contribution in [0.2, 0.25) is 5.02 Å². The summed E-state index contributed by atoms with van der Waals surface area (Å²) in [7, 11) is -3.73. The molecule has 29 heavy (non-hydrogen) atoms. The summed E-state index contributed by atoms with van der Waals surface area (Å²) < 4.78 is 42.6. The van der Waals surface area contributed by atoms with E-state index >= 15 is 0 Å². The van der Waals surface area contributed by atoms with Gasteiger partial charge < -0.3 is 9.84 Å². The van der Waals surface area contributed by atoms with Crippen molar-refractivity contribution in [3.63, 3.8) is 0 Å². The van der Waals surface area contributed by atoms with E-state index in [9.17, 15) is 17.6 Å². The van der Waals surface area contributed by atoms with Crippen molar-refractivity contribution in [3.05, 3.63) is 76.6 Å². The van der Waals surface area contributed by atoms with Crippen LogP contribution in [0.15, 0.2) is 57.9 Å². The molecule has 0 radical (unpaired) electrons. The van der Waals surface area contributed by atoms with Gasteiger partial charge in [-0.1, -0.05) is 35.0 Å². The maximum absolute atomic E-state index is 13.0.